The smallest absolute Gasteiger partial charge is 0.338 e. The molecule has 2 aliphatic rings. The molecule has 1 fully saturated rings. The summed E-state index contributed by atoms with van der Waals surface area (Å²) in [4.78, 5) is 41.1. The first-order valence-electron chi connectivity index (χ1n) is 12.0. The number of carbonyl (C=O) groups excluding carboxylic acids is 2. The van der Waals surface area contributed by atoms with Gasteiger partial charge in [-0.15, -0.1) is 11.3 Å². The van der Waals surface area contributed by atoms with Crippen molar-refractivity contribution in [2.75, 3.05) is 13.1 Å². The Hall–Kier alpha value is -3.70. The molecule has 1 aromatic heterocycles. The summed E-state index contributed by atoms with van der Waals surface area (Å²) < 4.78 is 11.3. The summed E-state index contributed by atoms with van der Waals surface area (Å²) in [5, 5.41) is 16.4. The molecular weight excluding hydrogens is 496 g/mol. The first kappa shape index (κ1) is 26.4. The second-order valence-corrected chi connectivity index (χ2v) is 10.4. The predicted molar refractivity (Wildman–Crippen MR) is 138 cm³/mol. The van der Waals surface area contributed by atoms with Gasteiger partial charge in [-0.3, -0.25) is 15.0 Å². The first-order valence-corrected chi connectivity index (χ1v) is 12.9. The molecule has 0 aliphatic carbocycles. The molecule has 1 aromatic carbocycles. The van der Waals surface area contributed by atoms with Crippen LogP contribution >= 0.6 is 11.3 Å². The van der Waals surface area contributed by atoms with E-state index in [1.165, 1.54) is 23.1 Å². The number of rotatable bonds is 8. The maximum atomic E-state index is 13.6. The van der Waals surface area contributed by atoms with Crippen LogP contribution < -0.4 is 11.1 Å². The Morgan fingerprint density at radius 1 is 1.24 bits per heavy atom. The molecule has 0 radical (unpaired) electrons. The maximum Gasteiger partial charge on any atom is 0.338 e. The fourth-order valence-corrected chi connectivity index (χ4v) is 5.40. The van der Waals surface area contributed by atoms with E-state index in [0.717, 1.165) is 13.1 Å². The molecule has 37 heavy (non-hydrogen) atoms. The zero-order valence-corrected chi connectivity index (χ0v) is 21.7. The number of carbonyl (C=O) groups is 2. The summed E-state index contributed by atoms with van der Waals surface area (Å²) >= 11 is 1.68. The quantitative estimate of drug-likeness (QED) is 0.300. The minimum atomic E-state index is -0.997. The first-order chi connectivity index (χ1) is 17.6. The number of hydrogen-bond acceptors (Lipinski definition) is 10. The van der Waals surface area contributed by atoms with Crippen LogP contribution in [-0.2, 0) is 25.6 Å². The number of allylic oxidation sites excluding steroid dienone is 1. The van der Waals surface area contributed by atoms with Crippen molar-refractivity contribution >= 4 is 29.0 Å². The number of benzene rings is 1. The molecule has 2 unspecified atom stereocenters. The Kier molecular flexibility index (Phi) is 7.94. The third-order valence-electron chi connectivity index (χ3n) is 6.25. The maximum absolute atomic E-state index is 13.6. The molecule has 3 N–H and O–H groups in total. The highest BCUT2D eigenvalue weighted by atomic mass is 32.1. The third kappa shape index (κ3) is 6.00. The van der Waals surface area contributed by atoms with Gasteiger partial charge in [0.15, 0.2) is 0 Å². The molecule has 10 nitrogen and oxygen atoms in total. The van der Waals surface area contributed by atoms with Crippen LogP contribution in [0.5, 0.6) is 0 Å². The molecule has 11 heteroatoms. The molecule has 3 heterocycles. The highest BCUT2D eigenvalue weighted by Gasteiger charge is 2.40. The van der Waals surface area contributed by atoms with Crippen LogP contribution in [0.25, 0.3) is 0 Å². The van der Waals surface area contributed by atoms with Crippen LogP contribution in [0.2, 0.25) is 0 Å². The van der Waals surface area contributed by atoms with E-state index < -0.39 is 28.9 Å². The van der Waals surface area contributed by atoms with E-state index in [2.05, 4.69) is 16.3 Å². The van der Waals surface area contributed by atoms with Crippen LogP contribution in [0.1, 0.15) is 43.6 Å². The van der Waals surface area contributed by atoms with Gasteiger partial charge in [-0.05, 0) is 44.2 Å². The van der Waals surface area contributed by atoms with Gasteiger partial charge in [0.1, 0.15) is 11.9 Å². The lowest BCUT2D eigenvalue weighted by atomic mass is 9.81. The van der Waals surface area contributed by atoms with E-state index >= 15 is 0 Å². The number of nitrogens with one attached hydrogen (secondary N) is 1. The van der Waals surface area contributed by atoms with Crippen molar-refractivity contribution in [2.24, 2.45) is 5.73 Å². The molecule has 0 bridgehead atoms. The van der Waals surface area contributed by atoms with Gasteiger partial charge < -0.3 is 20.5 Å². The van der Waals surface area contributed by atoms with E-state index in [4.69, 9.17) is 15.2 Å². The van der Waals surface area contributed by atoms with Gasteiger partial charge in [-0.25, -0.2) is 9.59 Å². The molecule has 2 atom stereocenters. The number of esters is 2. The second kappa shape index (κ2) is 11.1. The lowest BCUT2D eigenvalue weighted by Crippen LogP contribution is -2.37. The van der Waals surface area contributed by atoms with Gasteiger partial charge in [-0.1, -0.05) is 18.2 Å². The fraction of sp³-hybridized carbons (Fsp3) is 0.385. The van der Waals surface area contributed by atoms with Crippen molar-refractivity contribution in [1.82, 2.24) is 10.2 Å². The summed E-state index contributed by atoms with van der Waals surface area (Å²) in [5.41, 5.74) is 7.07. The third-order valence-corrected chi connectivity index (χ3v) is 7.11. The summed E-state index contributed by atoms with van der Waals surface area (Å²) in [5.74, 6) is -2.28. The molecule has 0 amide bonds. The lowest BCUT2D eigenvalue weighted by molar-refractivity contribution is -0.384. The largest absolute Gasteiger partial charge is 0.460 e. The molecule has 196 valence electrons. The van der Waals surface area contributed by atoms with Crippen molar-refractivity contribution in [3.05, 3.63) is 85.0 Å². The average Bonchev–Trinajstić information content (AvgIpc) is 3.50. The molecular formula is C26H30N4O6S. The van der Waals surface area contributed by atoms with Crippen molar-refractivity contribution in [2.45, 2.75) is 51.9 Å². The number of likely N-dealkylation sites (tertiary alicyclic amines) is 1. The number of non-ortho nitro benzene ring substituents is 1. The lowest BCUT2D eigenvalue weighted by Gasteiger charge is -2.30. The van der Waals surface area contributed by atoms with Gasteiger partial charge >= 0.3 is 11.9 Å². The number of dihydropyridines is 1. The minimum absolute atomic E-state index is 0.0264. The van der Waals surface area contributed by atoms with Crippen LogP contribution in [0, 0.1) is 10.1 Å². The summed E-state index contributed by atoms with van der Waals surface area (Å²) in [6.07, 6.45) is -0.0994. The van der Waals surface area contributed by atoms with Crippen LogP contribution in [-0.4, -0.2) is 47.1 Å². The normalized spacial score (nSPS) is 20.2. The van der Waals surface area contributed by atoms with Gasteiger partial charge in [0, 0.05) is 42.3 Å². The van der Waals surface area contributed by atoms with Gasteiger partial charge in [0.05, 0.1) is 28.1 Å². The predicted octanol–water partition coefficient (Wildman–Crippen LogP) is 3.56. The van der Waals surface area contributed by atoms with Gasteiger partial charge in [0.25, 0.3) is 5.69 Å². The molecule has 0 spiro atoms. The second-order valence-electron chi connectivity index (χ2n) is 9.36. The van der Waals surface area contributed by atoms with Crippen LogP contribution in [0.15, 0.2) is 64.4 Å². The zero-order chi connectivity index (χ0) is 26.7. The Labute approximate surface area is 218 Å². The average molecular weight is 527 g/mol. The fourth-order valence-electron chi connectivity index (χ4n) is 4.66. The highest BCUT2D eigenvalue weighted by Crippen LogP contribution is 2.40. The number of hydrogen-bond donors (Lipinski definition) is 2. The standard InChI is InChI=1S/C26H30N4O6S/c1-15(2)35-25(31)21-16(3)28-24(27)23(22(21)17-6-4-7-18(12-17)30(33)34)26(32)36-19-9-10-29(13-19)14-20-8-5-11-37-20/h4-8,11-12,15,19,22,28H,9-10,13-14,27H2,1-3H3. The number of nitro groups is 1. The Bertz CT molecular complexity index is 1250. The van der Waals surface area contributed by atoms with Crippen LogP contribution in [0.3, 0.4) is 0 Å². The number of nitrogens with zero attached hydrogens (tertiary/aromatic N) is 2. The molecule has 1 saturated heterocycles. The molecule has 2 aromatic rings. The van der Waals surface area contributed by atoms with Crippen molar-refractivity contribution < 1.29 is 24.0 Å². The van der Waals surface area contributed by atoms with Gasteiger partial charge in [0.2, 0.25) is 0 Å². The van der Waals surface area contributed by atoms with Crippen molar-refractivity contribution in [3.63, 3.8) is 0 Å². The molecule has 2 aliphatic heterocycles. The van der Waals surface area contributed by atoms with E-state index in [9.17, 15) is 19.7 Å². The number of nitrogens with two attached hydrogens (primary N) is 1. The van der Waals surface area contributed by atoms with E-state index in [-0.39, 0.29) is 28.8 Å². The van der Waals surface area contributed by atoms with E-state index in [1.807, 2.05) is 11.4 Å². The Morgan fingerprint density at radius 2 is 2.03 bits per heavy atom. The number of ether oxygens (including phenoxy) is 2. The zero-order valence-electron chi connectivity index (χ0n) is 20.9. The topological polar surface area (TPSA) is 137 Å². The highest BCUT2D eigenvalue weighted by molar-refractivity contribution is 7.09. The van der Waals surface area contributed by atoms with Crippen LogP contribution in [0.4, 0.5) is 5.69 Å². The SMILES string of the molecule is CC1=C(C(=O)OC(C)C)C(c2cccc([N+](=O)[O-])c2)C(C(=O)OC2CCN(Cc3cccs3)C2)=C(N)N1. The summed E-state index contributed by atoms with van der Waals surface area (Å²) in [6.45, 7) is 7.21. The summed E-state index contributed by atoms with van der Waals surface area (Å²) in [6, 6.07) is 9.89. The number of nitro benzene ring substituents is 1. The van der Waals surface area contributed by atoms with E-state index in [1.54, 1.807) is 38.2 Å². The molecule has 0 saturated carbocycles. The van der Waals surface area contributed by atoms with Crippen molar-refractivity contribution in [3.8, 4) is 0 Å². The van der Waals surface area contributed by atoms with Gasteiger partial charge in [-0.2, -0.15) is 0 Å². The monoisotopic (exact) mass is 526 g/mol. The summed E-state index contributed by atoms with van der Waals surface area (Å²) in [7, 11) is 0. The Morgan fingerprint density at radius 3 is 2.70 bits per heavy atom. The molecule has 4 rings (SSSR count). The minimum Gasteiger partial charge on any atom is -0.460 e. The number of thiophene rings is 1. The van der Waals surface area contributed by atoms with Crippen molar-refractivity contribution in [1.29, 1.82) is 0 Å². The van der Waals surface area contributed by atoms with E-state index in [0.29, 0.717) is 24.2 Å². The Balaban J connectivity index is 1.63.